The number of carbonyl (C=O) groups is 2. The highest BCUT2D eigenvalue weighted by Gasteiger charge is 2.46. The van der Waals surface area contributed by atoms with Crippen molar-refractivity contribution in [1.29, 1.82) is 0 Å². The summed E-state index contributed by atoms with van der Waals surface area (Å²) in [6.45, 7) is -1.21. The third kappa shape index (κ3) is 5.49. The SMILES string of the molecule is COc1c(CO[C@@H]2O[C@H](CO[C@@H]3OC[C@@H](O)[C@H](O)[C@H]3O)[C@@H](O)[C@H](O)[C@H]2O)cc2c(c1OC)C(=O)c1cccc(O)c1C2=O. The maximum Gasteiger partial charge on any atom is 0.198 e. The molecule has 2 saturated heterocycles. The topological polar surface area (TPSA) is 231 Å². The van der Waals surface area contributed by atoms with Gasteiger partial charge >= 0.3 is 0 Å². The van der Waals surface area contributed by atoms with Gasteiger partial charge in [0.15, 0.2) is 35.6 Å². The summed E-state index contributed by atoms with van der Waals surface area (Å²) in [6.07, 6.45) is -13.9. The number of aliphatic hydroxyl groups is 6. The third-order valence-electron chi connectivity index (χ3n) is 7.66. The number of phenolic OH excluding ortho intramolecular Hbond substituents is 1. The molecule has 5 rings (SSSR count). The van der Waals surface area contributed by atoms with Crippen LogP contribution in [0.15, 0.2) is 24.3 Å². The summed E-state index contributed by atoms with van der Waals surface area (Å²) in [5, 5.41) is 71.3. The Kier molecular flexibility index (Phi) is 9.01. The molecule has 0 amide bonds. The number of benzene rings is 2. The quantitative estimate of drug-likeness (QED) is 0.146. The molecule has 15 heteroatoms. The van der Waals surface area contributed by atoms with Gasteiger partial charge in [-0.25, -0.2) is 0 Å². The molecule has 9 atom stereocenters. The molecule has 0 unspecified atom stereocenters. The number of ether oxygens (including phenoxy) is 6. The number of rotatable bonds is 8. The Balaban J connectivity index is 1.36. The standard InChI is InChI=1S/C28H32O15/c1-38-25-10(6-12-17(26(25)39-2)18(31)11-4-3-5-13(29)16(11)19(12)32)7-40-28-24(37)22(35)21(34)15(43-28)9-42-27-23(36)20(33)14(30)8-41-27/h3-6,14-15,20-24,27-30,33-37H,7-9H2,1-2H3/t14-,15-,20+,21-,22+,23-,24-,27+,28-/m1/s1. The minimum Gasteiger partial charge on any atom is -0.507 e. The van der Waals surface area contributed by atoms with Crippen LogP contribution in [0.4, 0.5) is 0 Å². The van der Waals surface area contributed by atoms with Crippen molar-refractivity contribution in [3.05, 3.63) is 52.1 Å². The molecule has 0 bridgehead atoms. The average Bonchev–Trinajstić information content (AvgIpc) is 3.00. The summed E-state index contributed by atoms with van der Waals surface area (Å²) in [5.41, 5.74) is -0.132. The lowest BCUT2D eigenvalue weighted by Gasteiger charge is -2.41. The number of carbonyl (C=O) groups excluding carboxylic acids is 2. The summed E-state index contributed by atoms with van der Waals surface area (Å²) < 4.78 is 32.9. The van der Waals surface area contributed by atoms with E-state index in [1.165, 1.54) is 38.5 Å². The van der Waals surface area contributed by atoms with Gasteiger partial charge < -0.3 is 64.2 Å². The zero-order chi connectivity index (χ0) is 31.2. The Morgan fingerprint density at radius 1 is 0.791 bits per heavy atom. The van der Waals surface area contributed by atoms with Gasteiger partial charge in [-0.1, -0.05) is 12.1 Å². The fraction of sp³-hybridized carbons (Fsp3) is 0.500. The molecule has 2 fully saturated rings. The van der Waals surface area contributed by atoms with Crippen molar-refractivity contribution >= 4 is 11.6 Å². The van der Waals surface area contributed by atoms with Crippen molar-refractivity contribution in [2.24, 2.45) is 0 Å². The summed E-state index contributed by atoms with van der Waals surface area (Å²) in [4.78, 5) is 26.7. The van der Waals surface area contributed by atoms with Crippen LogP contribution in [0, 0.1) is 0 Å². The van der Waals surface area contributed by atoms with Gasteiger partial charge in [-0.3, -0.25) is 9.59 Å². The van der Waals surface area contributed by atoms with E-state index in [4.69, 9.17) is 28.4 Å². The number of methoxy groups -OCH3 is 2. The molecule has 2 aromatic rings. The molecule has 43 heavy (non-hydrogen) atoms. The van der Waals surface area contributed by atoms with Gasteiger partial charge in [0.2, 0.25) is 0 Å². The Labute approximate surface area is 244 Å². The first kappa shape index (κ1) is 31.2. The van der Waals surface area contributed by atoms with Crippen molar-refractivity contribution in [2.45, 2.75) is 61.9 Å². The first-order valence-corrected chi connectivity index (χ1v) is 13.3. The van der Waals surface area contributed by atoms with Crippen LogP contribution in [0.1, 0.15) is 37.4 Å². The number of ketones is 2. The van der Waals surface area contributed by atoms with Gasteiger partial charge in [0.1, 0.15) is 48.5 Å². The fourth-order valence-electron chi connectivity index (χ4n) is 5.34. The van der Waals surface area contributed by atoms with Gasteiger partial charge in [-0.15, -0.1) is 0 Å². The monoisotopic (exact) mass is 608 g/mol. The Hall–Kier alpha value is -3.22. The highest BCUT2D eigenvalue weighted by molar-refractivity contribution is 6.30. The molecular formula is C28H32O15. The van der Waals surface area contributed by atoms with E-state index in [9.17, 15) is 45.3 Å². The van der Waals surface area contributed by atoms with Crippen LogP contribution in [0.3, 0.4) is 0 Å². The molecule has 0 spiro atoms. The number of aromatic hydroxyl groups is 1. The molecule has 3 aliphatic rings. The molecule has 2 heterocycles. The van der Waals surface area contributed by atoms with Crippen LogP contribution in [0.2, 0.25) is 0 Å². The summed E-state index contributed by atoms with van der Waals surface area (Å²) in [7, 11) is 2.58. The summed E-state index contributed by atoms with van der Waals surface area (Å²) in [6, 6.07) is 5.46. The van der Waals surface area contributed by atoms with Crippen LogP contribution in [0.5, 0.6) is 17.2 Å². The highest BCUT2D eigenvalue weighted by Crippen LogP contribution is 2.43. The first-order valence-electron chi connectivity index (χ1n) is 13.3. The second-order valence-electron chi connectivity index (χ2n) is 10.3. The van der Waals surface area contributed by atoms with Crippen LogP contribution >= 0.6 is 0 Å². The zero-order valence-electron chi connectivity index (χ0n) is 23.0. The molecule has 1 aliphatic carbocycles. The van der Waals surface area contributed by atoms with Gasteiger partial charge in [-0.05, 0) is 12.1 Å². The molecule has 0 aromatic heterocycles. The van der Waals surface area contributed by atoms with Crippen LogP contribution in [-0.2, 0) is 25.6 Å². The number of hydrogen-bond acceptors (Lipinski definition) is 15. The third-order valence-corrected chi connectivity index (χ3v) is 7.66. The number of aliphatic hydroxyl groups excluding tert-OH is 6. The van der Waals surface area contributed by atoms with E-state index in [0.29, 0.717) is 0 Å². The van der Waals surface area contributed by atoms with Gasteiger partial charge in [-0.2, -0.15) is 0 Å². The minimum absolute atomic E-state index is 0.00165. The minimum atomic E-state index is -1.75. The lowest BCUT2D eigenvalue weighted by Crippen LogP contribution is -2.60. The molecule has 2 aliphatic heterocycles. The number of fused-ring (bicyclic) bond motifs is 2. The Bertz CT molecular complexity index is 1380. The average molecular weight is 609 g/mol. The van der Waals surface area contributed by atoms with Crippen molar-refractivity contribution in [3.8, 4) is 17.2 Å². The van der Waals surface area contributed by atoms with Crippen LogP contribution in [0.25, 0.3) is 0 Å². The van der Waals surface area contributed by atoms with E-state index in [1.54, 1.807) is 0 Å². The van der Waals surface area contributed by atoms with E-state index >= 15 is 0 Å². The normalized spacial score (nSPS) is 32.2. The van der Waals surface area contributed by atoms with Gasteiger partial charge in [0.25, 0.3) is 0 Å². The van der Waals surface area contributed by atoms with E-state index in [-0.39, 0.29) is 51.7 Å². The summed E-state index contributed by atoms with van der Waals surface area (Å²) in [5.74, 6) is -1.59. The van der Waals surface area contributed by atoms with Crippen molar-refractivity contribution < 1.29 is 73.8 Å². The zero-order valence-corrected chi connectivity index (χ0v) is 23.0. The van der Waals surface area contributed by atoms with E-state index in [1.807, 2.05) is 0 Å². The number of phenols is 1. The Morgan fingerprint density at radius 3 is 2.16 bits per heavy atom. The maximum atomic E-state index is 13.4. The predicted molar refractivity (Wildman–Crippen MR) is 140 cm³/mol. The lowest BCUT2D eigenvalue weighted by atomic mass is 9.82. The van der Waals surface area contributed by atoms with E-state index < -0.39 is 80.1 Å². The fourth-order valence-corrected chi connectivity index (χ4v) is 5.34. The lowest BCUT2D eigenvalue weighted by molar-refractivity contribution is -0.322. The largest absolute Gasteiger partial charge is 0.507 e. The summed E-state index contributed by atoms with van der Waals surface area (Å²) >= 11 is 0. The predicted octanol–water partition coefficient (Wildman–Crippen LogP) is -2.04. The number of hydrogen-bond donors (Lipinski definition) is 7. The Morgan fingerprint density at radius 2 is 1.47 bits per heavy atom. The van der Waals surface area contributed by atoms with E-state index in [0.717, 1.165) is 0 Å². The second kappa shape index (κ2) is 12.4. The molecule has 234 valence electrons. The molecule has 0 radical (unpaired) electrons. The van der Waals surface area contributed by atoms with Crippen LogP contribution in [-0.4, -0.2) is 130 Å². The van der Waals surface area contributed by atoms with Gasteiger partial charge in [0, 0.05) is 16.7 Å². The molecule has 2 aromatic carbocycles. The van der Waals surface area contributed by atoms with E-state index in [2.05, 4.69) is 0 Å². The van der Waals surface area contributed by atoms with Crippen molar-refractivity contribution in [1.82, 2.24) is 0 Å². The maximum absolute atomic E-state index is 13.4. The smallest absolute Gasteiger partial charge is 0.198 e. The highest BCUT2D eigenvalue weighted by atomic mass is 16.7. The molecule has 7 N–H and O–H groups in total. The van der Waals surface area contributed by atoms with Gasteiger partial charge in [0.05, 0.1) is 45.2 Å². The first-order chi connectivity index (χ1) is 20.5. The van der Waals surface area contributed by atoms with Crippen molar-refractivity contribution in [2.75, 3.05) is 27.4 Å². The van der Waals surface area contributed by atoms with Crippen molar-refractivity contribution in [3.63, 3.8) is 0 Å². The second-order valence-corrected chi connectivity index (χ2v) is 10.3. The molecule has 15 nitrogen and oxygen atoms in total. The molecule has 0 saturated carbocycles. The molecular weight excluding hydrogens is 576 g/mol. The van der Waals surface area contributed by atoms with Crippen LogP contribution < -0.4 is 9.47 Å².